The molecule has 0 aliphatic heterocycles. The fraction of sp³-hybridized carbons (Fsp3) is 0.132. The van der Waals surface area contributed by atoms with Gasteiger partial charge in [-0.15, -0.1) is 0 Å². The van der Waals surface area contributed by atoms with Crippen molar-refractivity contribution in [3.63, 3.8) is 0 Å². The number of amides is 2. The van der Waals surface area contributed by atoms with Crippen LogP contribution in [0.2, 0.25) is 0 Å². The van der Waals surface area contributed by atoms with Gasteiger partial charge in [0.15, 0.2) is 0 Å². The first-order chi connectivity index (χ1) is 22.0. The highest BCUT2D eigenvalue weighted by Gasteiger charge is 2.26. The molecule has 0 bridgehead atoms. The van der Waals surface area contributed by atoms with E-state index >= 15 is 0 Å². The van der Waals surface area contributed by atoms with E-state index in [1.54, 1.807) is 0 Å². The minimum atomic E-state index is -1.95. The largest absolute Gasteiger partial charge is 0.399 e. The van der Waals surface area contributed by atoms with Crippen molar-refractivity contribution in [3.05, 3.63) is 138 Å². The monoisotopic (exact) mass is 612 g/mol. The number of carbonyl (C=O) groups excluding carboxylic acids is 1. The van der Waals surface area contributed by atoms with Crippen LogP contribution in [-0.4, -0.2) is 12.1 Å². The van der Waals surface area contributed by atoms with Crippen LogP contribution in [0.15, 0.2) is 130 Å². The molecule has 7 heteroatoms. The number of para-hydroxylation sites is 1. The summed E-state index contributed by atoms with van der Waals surface area (Å²) in [5, 5.41) is 12.4. The van der Waals surface area contributed by atoms with Crippen molar-refractivity contribution in [3.8, 4) is 0 Å². The molecule has 6 nitrogen and oxygen atoms in total. The zero-order chi connectivity index (χ0) is 30.9. The van der Waals surface area contributed by atoms with Crippen LogP contribution >= 0.6 is 8.24 Å². The van der Waals surface area contributed by atoms with Crippen molar-refractivity contribution in [2.45, 2.75) is 32.9 Å². The Labute approximate surface area is 262 Å². The van der Waals surface area contributed by atoms with E-state index in [1.807, 2.05) is 67.6 Å². The molecular weight excluding hydrogens is 579 g/mol. The van der Waals surface area contributed by atoms with Crippen LogP contribution in [0, 0.1) is 13.8 Å². The SMILES string of the molecule is Cc1cc2ccccc2c2c1op(OC(c1ccccc1)C(C)NC(=O)Nc1ccccc1)oc1c(C)cc3ccccc3c12. The van der Waals surface area contributed by atoms with E-state index in [4.69, 9.17) is 12.9 Å². The summed E-state index contributed by atoms with van der Waals surface area (Å²) in [6, 6.07) is 39.5. The van der Waals surface area contributed by atoms with Gasteiger partial charge in [-0.1, -0.05) is 97.1 Å². The number of hydrogen-bond acceptors (Lipinski definition) is 4. The highest BCUT2D eigenvalue weighted by Crippen LogP contribution is 2.44. The Hall–Kier alpha value is -5.03. The van der Waals surface area contributed by atoms with Gasteiger partial charge in [-0.2, -0.15) is 0 Å². The molecule has 0 radical (unpaired) electrons. The summed E-state index contributed by atoms with van der Waals surface area (Å²) >= 11 is 0. The van der Waals surface area contributed by atoms with Crippen molar-refractivity contribution in [2.75, 3.05) is 5.32 Å². The molecule has 2 N–H and O–H groups in total. The Balaban J connectivity index is 1.41. The van der Waals surface area contributed by atoms with Crippen molar-refractivity contribution in [1.82, 2.24) is 5.32 Å². The molecule has 2 unspecified atom stereocenters. The lowest BCUT2D eigenvalue weighted by Gasteiger charge is -2.24. The fourth-order valence-electron chi connectivity index (χ4n) is 6.03. The molecule has 0 spiro atoms. The summed E-state index contributed by atoms with van der Waals surface area (Å²) in [6.45, 7) is 6.05. The summed E-state index contributed by atoms with van der Waals surface area (Å²) in [6.07, 6.45) is -0.564. The van der Waals surface area contributed by atoms with Crippen molar-refractivity contribution in [2.24, 2.45) is 0 Å². The summed E-state index contributed by atoms with van der Waals surface area (Å²) in [5.74, 6) is 0. The number of hydrogen-bond donors (Lipinski definition) is 2. The Morgan fingerprint density at radius 3 is 1.73 bits per heavy atom. The third kappa shape index (κ3) is 5.66. The molecule has 1 aromatic heterocycles. The van der Waals surface area contributed by atoms with Crippen molar-refractivity contribution in [1.29, 1.82) is 0 Å². The molecule has 224 valence electrons. The van der Waals surface area contributed by atoms with Gasteiger partial charge < -0.3 is 19.0 Å². The van der Waals surface area contributed by atoms with Crippen LogP contribution in [0.3, 0.4) is 0 Å². The standard InChI is InChI=1S/C38H33N2O4P/c1-24-22-28-16-10-12-20-31(28)33-34-32-21-13-11-17-29(32)23-25(2)36(34)43-45(42-35(24)33)44-37(27-14-6-4-7-15-27)26(3)39-38(41)40-30-18-8-5-9-19-30/h4-23,26,37H,1-3H3,(H2,39,40,41). The number of urea groups is 1. The minimum Gasteiger partial charge on any atom is -0.399 e. The lowest BCUT2D eigenvalue weighted by molar-refractivity contribution is 0.204. The highest BCUT2D eigenvalue weighted by molar-refractivity contribution is 7.31. The Morgan fingerprint density at radius 1 is 0.689 bits per heavy atom. The van der Waals surface area contributed by atoms with E-state index in [0.29, 0.717) is 5.69 Å². The van der Waals surface area contributed by atoms with Crippen LogP contribution in [0.5, 0.6) is 0 Å². The number of anilines is 1. The molecule has 0 aliphatic carbocycles. The summed E-state index contributed by atoms with van der Waals surface area (Å²) < 4.78 is 20.4. The van der Waals surface area contributed by atoms with E-state index in [2.05, 4.69) is 85.1 Å². The van der Waals surface area contributed by atoms with Gasteiger partial charge in [0.05, 0.1) is 6.04 Å². The van der Waals surface area contributed by atoms with E-state index in [1.165, 1.54) is 0 Å². The Bertz CT molecular complexity index is 2110. The molecule has 2 amide bonds. The predicted octanol–water partition coefficient (Wildman–Crippen LogP) is 10.6. The van der Waals surface area contributed by atoms with Crippen LogP contribution in [0.25, 0.3) is 43.5 Å². The van der Waals surface area contributed by atoms with Crippen LogP contribution in [-0.2, 0) is 0 Å². The second kappa shape index (κ2) is 12.2. The Morgan fingerprint density at radius 2 is 1.18 bits per heavy atom. The first kappa shape index (κ1) is 28.7. The van der Waals surface area contributed by atoms with Crippen LogP contribution < -0.4 is 15.2 Å². The second-order valence-electron chi connectivity index (χ2n) is 11.3. The van der Waals surface area contributed by atoms with Crippen LogP contribution in [0.1, 0.15) is 29.7 Å². The molecule has 7 aromatic rings. The molecule has 45 heavy (non-hydrogen) atoms. The number of nitrogens with one attached hydrogen (secondary N) is 2. The van der Waals surface area contributed by atoms with Gasteiger partial charge in [-0.25, -0.2) is 4.79 Å². The molecule has 0 saturated carbocycles. The molecule has 0 fully saturated rings. The first-order valence-corrected chi connectivity index (χ1v) is 16.1. The van der Waals surface area contributed by atoms with Gasteiger partial charge in [0.25, 0.3) is 0 Å². The average molecular weight is 613 g/mol. The molecule has 1 heterocycles. The summed E-state index contributed by atoms with van der Waals surface area (Å²) in [7, 11) is -1.95. The maximum Gasteiger partial charge on any atom is 0.388 e. The van der Waals surface area contributed by atoms with Gasteiger partial charge in [0, 0.05) is 16.5 Å². The zero-order valence-electron chi connectivity index (χ0n) is 25.3. The van der Waals surface area contributed by atoms with Gasteiger partial charge in [-0.05, 0) is 83.3 Å². The lowest BCUT2D eigenvalue weighted by Crippen LogP contribution is -2.41. The second-order valence-corrected chi connectivity index (χ2v) is 12.4. The normalized spacial score (nSPS) is 12.8. The fourth-order valence-corrected chi connectivity index (χ4v) is 7.41. The van der Waals surface area contributed by atoms with E-state index < -0.39 is 20.4 Å². The quantitative estimate of drug-likeness (QED) is 0.196. The summed E-state index contributed by atoms with van der Waals surface area (Å²) in [4.78, 5) is 13.0. The van der Waals surface area contributed by atoms with E-state index in [9.17, 15) is 4.79 Å². The molecule has 7 rings (SSSR count). The van der Waals surface area contributed by atoms with Gasteiger partial charge in [0.1, 0.15) is 17.3 Å². The maximum absolute atomic E-state index is 13.0. The number of benzene rings is 6. The van der Waals surface area contributed by atoms with E-state index in [-0.39, 0.29) is 6.03 Å². The average Bonchev–Trinajstić information content (AvgIpc) is 3.23. The smallest absolute Gasteiger partial charge is 0.388 e. The number of carbonyl (C=O) groups is 1. The number of aryl methyl sites for hydroxylation is 2. The zero-order valence-corrected chi connectivity index (χ0v) is 26.2. The molecule has 0 aliphatic rings. The highest BCUT2D eigenvalue weighted by atomic mass is 31.1. The van der Waals surface area contributed by atoms with Crippen LogP contribution in [0.4, 0.5) is 10.5 Å². The van der Waals surface area contributed by atoms with E-state index in [0.717, 1.165) is 60.2 Å². The molecule has 6 aromatic carbocycles. The maximum atomic E-state index is 13.0. The van der Waals surface area contributed by atoms with Gasteiger partial charge in [0.2, 0.25) is 0 Å². The number of rotatable bonds is 6. The molecule has 2 atom stereocenters. The number of fused-ring (bicyclic) bond motifs is 7. The predicted molar refractivity (Wildman–Crippen MR) is 185 cm³/mol. The first-order valence-electron chi connectivity index (χ1n) is 15.0. The summed E-state index contributed by atoms with van der Waals surface area (Å²) in [5.41, 5.74) is 5.07. The lowest BCUT2D eigenvalue weighted by atomic mass is 9.95. The van der Waals surface area contributed by atoms with Crippen molar-refractivity contribution < 1.29 is 17.7 Å². The van der Waals surface area contributed by atoms with Gasteiger partial charge in [-0.3, -0.25) is 4.52 Å². The third-order valence-electron chi connectivity index (χ3n) is 8.13. The topological polar surface area (TPSA) is 76.6 Å². The van der Waals surface area contributed by atoms with Crippen molar-refractivity contribution >= 4 is 63.4 Å². The molecular formula is C38H33N2O4P. The Kier molecular flexibility index (Phi) is 7.76. The minimum absolute atomic E-state index is 0.325. The molecule has 0 saturated heterocycles. The third-order valence-corrected chi connectivity index (χ3v) is 9.19. The van der Waals surface area contributed by atoms with Gasteiger partial charge >= 0.3 is 14.3 Å².